The summed E-state index contributed by atoms with van der Waals surface area (Å²) in [7, 11) is 0. The number of aliphatic carboxylic acids is 1. The van der Waals surface area contributed by atoms with Crippen molar-refractivity contribution in [2.75, 3.05) is 0 Å². The summed E-state index contributed by atoms with van der Waals surface area (Å²) in [6, 6.07) is 3.11. The zero-order valence-corrected chi connectivity index (χ0v) is 7.75. The molecule has 0 bridgehead atoms. The van der Waals surface area contributed by atoms with Crippen LogP contribution in [0.15, 0.2) is 24.3 Å². The first-order valence-corrected chi connectivity index (χ1v) is 4.04. The van der Waals surface area contributed by atoms with Gasteiger partial charge < -0.3 is 10.8 Å². The van der Waals surface area contributed by atoms with Crippen molar-refractivity contribution in [2.24, 2.45) is 5.73 Å². The van der Waals surface area contributed by atoms with Gasteiger partial charge in [-0.25, -0.2) is 9.18 Å². The Morgan fingerprint density at radius 2 is 1.88 bits per heavy atom. The van der Waals surface area contributed by atoms with E-state index in [1.165, 1.54) is 0 Å². The van der Waals surface area contributed by atoms with Gasteiger partial charge in [-0.3, -0.25) is 0 Å². The maximum absolute atomic E-state index is 12.7. The SMILES string of the molecule is N[C@](C(=O)O)(c1cccc(F)c1)C(F)(F)F. The van der Waals surface area contributed by atoms with Crippen LogP contribution in [-0.4, -0.2) is 17.3 Å². The van der Waals surface area contributed by atoms with Crippen LogP contribution >= 0.6 is 0 Å². The molecule has 0 radical (unpaired) electrons. The van der Waals surface area contributed by atoms with E-state index in [-0.39, 0.29) is 0 Å². The van der Waals surface area contributed by atoms with Gasteiger partial charge in [0.05, 0.1) is 0 Å². The standard InChI is InChI=1S/C9H7F4NO2/c10-6-3-1-2-5(4-6)8(14,7(15)16)9(11,12)13/h1-4H,14H2,(H,15,16)/t8-/m0/s1. The number of hydrogen-bond donors (Lipinski definition) is 2. The summed E-state index contributed by atoms with van der Waals surface area (Å²) in [5.41, 5.74) is 0.361. The van der Waals surface area contributed by atoms with Crippen LogP contribution in [0.3, 0.4) is 0 Å². The van der Waals surface area contributed by atoms with Crippen molar-refractivity contribution in [1.29, 1.82) is 0 Å². The number of benzene rings is 1. The van der Waals surface area contributed by atoms with E-state index in [1.54, 1.807) is 0 Å². The predicted molar refractivity (Wildman–Crippen MR) is 46.0 cm³/mol. The third-order valence-corrected chi connectivity index (χ3v) is 2.06. The molecule has 0 heterocycles. The zero-order chi connectivity index (χ0) is 12.6. The highest BCUT2D eigenvalue weighted by Crippen LogP contribution is 2.37. The average molecular weight is 237 g/mol. The molecule has 0 aliphatic carbocycles. The minimum absolute atomic E-state index is 0.446. The third-order valence-electron chi connectivity index (χ3n) is 2.06. The Balaban J connectivity index is 3.39. The van der Waals surface area contributed by atoms with Crippen LogP contribution in [0.4, 0.5) is 17.6 Å². The van der Waals surface area contributed by atoms with Crippen LogP contribution in [0, 0.1) is 5.82 Å². The molecule has 0 aliphatic rings. The number of carboxylic acid groups (broad SMARTS) is 1. The highest BCUT2D eigenvalue weighted by molar-refractivity contribution is 5.81. The van der Waals surface area contributed by atoms with Crippen molar-refractivity contribution in [3.05, 3.63) is 35.6 Å². The van der Waals surface area contributed by atoms with E-state index in [0.29, 0.717) is 6.07 Å². The summed E-state index contributed by atoms with van der Waals surface area (Å²) in [6.07, 6.45) is -5.22. The van der Waals surface area contributed by atoms with Gasteiger partial charge in [-0.05, 0) is 17.7 Å². The molecule has 1 atom stereocenters. The largest absolute Gasteiger partial charge is 0.479 e. The lowest BCUT2D eigenvalue weighted by Gasteiger charge is -2.27. The lowest BCUT2D eigenvalue weighted by atomic mass is 9.90. The van der Waals surface area contributed by atoms with E-state index in [2.05, 4.69) is 0 Å². The molecule has 0 saturated carbocycles. The van der Waals surface area contributed by atoms with Crippen molar-refractivity contribution in [3.63, 3.8) is 0 Å². The van der Waals surface area contributed by atoms with Crippen LogP contribution in [0.25, 0.3) is 0 Å². The van der Waals surface area contributed by atoms with Gasteiger partial charge in [0.25, 0.3) is 0 Å². The molecule has 88 valence electrons. The van der Waals surface area contributed by atoms with E-state index in [9.17, 15) is 22.4 Å². The second-order valence-corrected chi connectivity index (χ2v) is 3.12. The van der Waals surface area contributed by atoms with Crippen LogP contribution < -0.4 is 5.73 Å². The van der Waals surface area contributed by atoms with E-state index in [0.717, 1.165) is 18.2 Å². The maximum Gasteiger partial charge on any atom is 0.421 e. The Morgan fingerprint density at radius 1 is 1.31 bits per heavy atom. The quantitative estimate of drug-likeness (QED) is 0.768. The Morgan fingerprint density at radius 3 is 2.25 bits per heavy atom. The second kappa shape index (κ2) is 3.75. The Kier molecular flexibility index (Phi) is 2.91. The molecular weight excluding hydrogens is 230 g/mol. The molecule has 16 heavy (non-hydrogen) atoms. The molecule has 0 saturated heterocycles. The van der Waals surface area contributed by atoms with Gasteiger partial charge >= 0.3 is 12.1 Å². The fraction of sp³-hybridized carbons (Fsp3) is 0.222. The minimum Gasteiger partial charge on any atom is -0.479 e. The van der Waals surface area contributed by atoms with E-state index >= 15 is 0 Å². The molecule has 7 heteroatoms. The number of hydrogen-bond acceptors (Lipinski definition) is 2. The Labute approximate surface area is 87.5 Å². The smallest absolute Gasteiger partial charge is 0.421 e. The van der Waals surface area contributed by atoms with Crippen LogP contribution in [0.1, 0.15) is 5.56 Å². The number of rotatable bonds is 2. The van der Waals surface area contributed by atoms with Gasteiger partial charge in [0.2, 0.25) is 5.54 Å². The molecule has 1 aromatic carbocycles. The van der Waals surface area contributed by atoms with Gasteiger partial charge in [0.1, 0.15) is 5.82 Å². The highest BCUT2D eigenvalue weighted by atomic mass is 19.4. The molecule has 3 nitrogen and oxygen atoms in total. The average Bonchev–Trinajstić information content (AvgIpc) is 2.14. The van der Waals surface area contributed by atoms with Gasteiger partial charge in [-0.15, -0.1) is 0 Å². The highest BCUT2D eigenvalue weighted by Gasteiger charge is 2.59. The summed E-state index contributed by atoms with van der Waals surface area (Å²) in [5.74, 6) is -3.27. The number of halogens is 4. The molecule has 0 amide bonds. The molecule has 0 spiro atoms. The summed E-state index contributed by atoms with van der Waals surface area (Å²) in [4.78, 5) is 10.6. The van der Waals surface area contributed by atoms with Gasteiger partial charge in [-0.2, -0.15) is 13.2 Å². The van der Waals surface area contributed by atoms with Gasteiger partial charge in [-0.1, -0.05) is 12.1 Å². The summed E-state index contributed by atoms with van der Waals surface area (Å²) >= 11 is 0. The van der Waals surface area contributed by atoms with E-state index in [4.69, 9.17) is 10.8 Å². The van der Waals surface area contributed by atoms with Crippen molar-refractivity contribution < 1.29 is 27.5 Å². The monoisotopic (exact) mass is 237 g/mol. The van der Waals surface area contributed by atoms with Crippen molar-refractivity contribution in [1.82, 2.24) is 0 Å². The Hall–Kier alpha value is -1.63. The first-order valence-electron chi connectivity index (χ1n) is 4.04. The topological polar surface area (TPSA) is 63.3 Å². The molecular formula is C9H7F4NO2. The van der Waals surface area contributed by atoms with E-state index < -0.39 is 29.1 Å². The first kappa shape index (κ1) is 12.4. The molecule has 0 aromatic heterocycles. The number of alkyl halides is 3. The Bertz CT molecular complexity index is 418. The van der Waals surface area contributed by atoms with Crippen molar-refractivity contribution in [3.8, 4) is 0 Å². The number of nitrogens with two attached hydrogens (primary N) is 1. The van der Waals surface area contributed by atoms with Crippen LogP contribution in [0.2, 0.25) is 0 Å². The molecule has 0 aliphatic heterocycles. The molecule has 0 unspecified atom stereocenters. The third kappa shape index (κ3) is 1.85. The molecule has 0 fully saturated rings. The molecule has 1 rings (SSSR count). The van der Waals surface area contributed by atoms with Crippen LogP contribution in [0.5, 0.6) is 0 Å². The van der Waals surface area contributed by atoms with E-state index in [1.807, 2.05) is 0 Å². The van der Waals surface area contributed by atoms with Crippen LogP contribution in [-0.2, 0) is 10.3 Å². The number of carbonyl (C=O) groups is 1. The van der Waals surface area contributed by atoms with Crippen molar-refractivity contribution in [2.45, 2.75) is 11.7 Å². The summed E-state index contributed by atoms with van der Waals surface area (Å²) in [6.45, 7) is 0. The molecule has 1 aromatic rings. The fourth-order valence-corrected chi connectivity index (χ4v) is 1.14. The first-order chi connectivity index (χ1) is 7.19. The van der Waals surface area contributed by atoms with Gasteiger partial charge in [0.15, 0.2) is 0 Å². The lowest BCUT2D eigenvalue weighted by molar-refractivity contribution is -0.204. The van der Waals surface area contributed by atoms with Gasteiger partial charge in [0, 0.05) is 0 Å². The second-order valence-electron chi connectivity index (χ2n) is 3.12. The number of carboxylic acids is 1. The summed E-state index contributed by atoms with van der Waals surface area (Å²) < 4.78 is 50.4. The zero-order valence-electron chi connectivity index (χ0n) is 7.75. The minimum atomic E-state index is -5.22. The molecule has 3 N–H and O–H groups in total. The maximum atomic E-state index is 12.7. The lowest BCUT2D eigenvalue weighted by Crippen LogP contribution is -2.56. The van der Waals surface area contributed by atoms with Crippen molar-refractivity contribution >= 4 is 5.97 Å². The fourth-order valence-electron chi connectivity index (χ4n) is 1.14. The predicted octanol–water partition coefficient (Wildman–Crippen LogP) is 1.63. The normalized spacial score (nSPS) is 15.6. The summed E-state index contributed by atoms with van der Waals surface area (Å²) in [5, 5.41) is 8.55.